The number of halogens is 1. The molecule has 2 aromatic rings. The molecule has 4 heteroatoms. The zero-order valence-electron chi connectivity index (χ0n) is 11.8. The second-order valence-electron chi connectivity index (χ2n) is 5.17. The van der Waals surface area contributed by atoms with Crippen LogP contribution in [0.3, 0.4) is 0 Å². The van der Waals surface area contributed by atoms with Gasteiger partial charge in [0.15, 0.2) is 0 Å². The Kier molecular flexibility index (Phi) is 5.61. The number of hydrogen-bond donors (Lipinski definition) is 2. The maximum absolute atomic E-state index is 10.1. The predicted octanol–water partition coefficient (Wildman–Crippen LogP) is 4.35. The van der Waals surface area contributed by atoms with E-state index >= 15 is 0 Å². The highest BCUT2D eigenvalue weighted by Gasteiger charge is 2.08. The molecule has 0 spiro atoms. The van der Waals surface area contributed by atoms with E-state index in [1.54, 1.807) is 11.3 Å². The number of aliphatic hydroxyl groups excluding tert-OH is 1. The number of aliphatic hydroxyl groups is 1. The van der Waals surface area contributed by atoms with E-state index in [1.807, 2.05) is 24.3 Å². The van der Waals surface area contributed by atoms with Gasteiger partial charge in [-0.3, -0.25) is 0 Å². The van der Waals surface area contributed by atoms with E-state index in [4.69, 9.17) is 11.6 Å². The van der Waals surface area contributed by atoms with Crippen LogP contribution in [-0.4, -0.2) is 11.7 Å². The summed E-state index contributed by atoms with van der Waals surface area (Å²) in [5.74, 6) is 0.517. The van der Waals surface area contributed by atoms with E-state index in [0.717, 1.165) is 16.4 Å². The van der Waals surface area contributed by atoms with Crippen molar-refractivity contribution < 1.29 is 5.11 Å². The van der Waals surface area contributed by atoms with Gasteiger partial charge >= 0.3 is 0 Å². The van der Waals surface area contributed by atoms with E-state index in [0.29, 0.717) is 12.5 Å². The highest BCUT2D eigenvalue weighted by atomic mass is 35.5. The third-order valence-electron chi connectivity index (χ3n) is 3.25. The van der Waals surface area contributed by atoms with Crippen molar-refractivity contribution in [3.63, 3.8) is 0 Å². The monoisotopic (exact) mass is 309 g/mol. The minimum atomic E-state index is -0.480. The first-order chi connectivity index (χ1) is 9.56. The summed E-state index contributed by atoms with van der Waals surface area (Å²) in [4.78, 5) is 1.18. The fraction of sp³-hybridized carbons (Fsp3) is 0.375. The second kappa shape index (κ2) is 7.23. The Morgan fingerprint density at radius 2 is 1.75 bits per heavy atom. The van der Waals surface area contributed by atoms with Gasteiger partial charge in [-0.25, -0.2) is 0 Å². The SMILES string of the molecule is CC(C)c1ccc(C(O)CNCc2ccc(Cl)s2)cc1. The molecule has 0 aliphatic carbocycles. The summed E-state index contributed by atoms with van der Waals surface area (Å²) in [6, 6.07) is 12.1. The van der Waals surface area contributed by atoms with Crippen LogP contribution in [0.5, 0.6) is 0 Å². The van der Waals surface area contributed by atoms with Gasteiger partial charge < -0.3 is 10.4 Å². The molecule has 0 aliphatic rings. The quantitative estimate of drug-likeness (QED) is 0.831. The lowest BCUT2D eigenvalue weighted by Gasteiger charge is -2.13. The molecule has 1 unspecified atom stereocenters. The maximum Gasteiger partial charge on any atom is 0.0931 e. The molecule has 0 amide bonds. The van der Waals surface area contributed by atoms with E-state index in [9.17, 15) is 5.11 Å². The number of nitrogens with one attached hydrogen (secondary N) is 1. The first kappa shape index (κ1) is 15.5. The second-order valence-corrected chi connectivity index (χ2v) is 6.97. The first-order valence-electron chi connectivity index (χ1n) is 6.79. The number of thiophene rings is 1. The van der Waals surface area contributed by atoms with Gasteiger partial charge in [0, 0.05) is 18.0 Å². The molecule has 1 heterocycles. The maximum atomic E-state index is 10.1. The van der Waals surface area contributed by atoms with Gasteiger partial charge in [-0.05, 0) is 29.2 Å². The molecular weight excluding hydrogens is 290 g/mol. The zero-order valence-corrected chi connectivity index (χ0v) is 13.3. The summed E-state index contributed by atoms with van der Waals surface area (Å²) in [6.45, 7) is 5.60. The molecule has 20 heavy (non-hydrogen) atoms. The summed E-state index contributed by atoms with van der Waals surface area (Å²) in [7, 11) is 0. The van der Waals surface area contributed by atoms with Crippen molar-refractivity contribution in [2.24, 2.45) is 0 Å². The molecular formula is C16H20ClNOS. The molecule has 0 saturated carbocycles. The fourth-order valence-electron chi connectivity index (χ4n) is 2.00. The summed E-state index contributed by atoms with van der Waals surface area (Å²) >= 11 is 7.44. The van der Waals surface area contributed by atoms with Gasteiger partial charge in [0.1, 0.15) is 0 Å². The summed E-state index contributed by atoms with van der Waals surface area (Å²) in [6.07, 6.45) is -0.480. The Hall–Kier alpha value is -0.870. The molecule has 108 valence electrons. The third kappa shape index (κ3) is 4.32. The average molecular weight is 310 g/mol. The van der Waals surface area contributed by atoms with Gasteiger partial charge in [0.25, 0.3) is 0 Å². The lowest BCUT2D eigenvalue weighted by molar-refractivity contribution is 0.174. The fourth-order valence-corrected chi connectivity index (χ4v) is 3.06. The molecule has 0 radical (unpaired) electrons. The van der Waals surface area contributed by atoms with Crippen LogP contribution in [0, 0.1) is 0 Å². The van der Waals surface area contributed by atoms with Gasteiger partial charge in [-0.15, -0.1) is 11.3 Å². The van der Waals surface area contributed by atoms with Gasteiger partial charge in [-0.2, -0.15) is 0 Å². The Bertz CT molecular complexity index is 536. The summed E-state index contributed by atoms with van der Waals surface area (Å²) < 4.78 is 0.798. The van der Waals surface area contributed by atoms with Gasteiger partial charge in [0.05, 0.1) is 10.4 Å². The normalized spacial score (nSPS) is 12.8. The largest absolute Gasteiger partial charge is 0.387 e. The molecule has 1 aromatic heterocycles. The standard InChI is InChI=1S/C16H20ClNOS/c1-11(2)12-3-5-13(6-4-12)15(19)10-18-9-14-7-8-16(17)20-14/h3-8,11,15,18-19H,9-10H2,1-2H3. The Labute approximate surface area is 129 Å². The Morgan fingerprint density at radius 1 is 1.10 bits per heavy atom. The molecule has 0 saturated heterocycles. The van der Waals surface area contributed by atoms with Crippen LogP contribution in [0.15, 0.2) is 36.4 Å². The topological polar surface area (TPSA) is 32.3 Å². The van der Waals surface area contributed by atoms with Crippen LogP contribution in [0.1, 0.15) is 41.9 Å². The van der Waals surface area contributed by atoms with Crippen molar-refractivity contribution in [3.8, 4) is 0 Å². The lowest BCUT2D eigenvalue weighted by atomic mass is 10.00. The van der Waals surface area contributed by atoms with E-state index in [1.165, 1.54) is 10.4 Å². The Morgan fingerprint density at radius 3 is 2.30 bits per heavy atom. The number of rotatable bonds is 6. The Balaban J connectivity index is 1.83. The van der Waals surface area contributed by atoms with Crippen LogP contribution in [0.25, 0.3) is 0 Å². The van der Waals surface area contributed by atoms with Crippen molar-refractivity contribution in [3.05, 3.63) is 56.7 Å². The van der Waals surface area contributed by atoms with Crippen LogP contribution < -0.4 is 5.32 Å². The summed E-state index contributed by atoms with van der Waals surface area (Å²) in [5, 5.41) is 13.4. The van der Waals surface area contributed by atoms with Gasteiger partial charge in [-0.1, -0.05) is 49.7 Å². The highest BCUT2D eigenvalue weighted by molar-refractivity contribution is 7.16. The van der Waals surface area contributed by atoms with Crippen LogP contribution in [-0.2, 0) is 6.54 Å². The third-order valence-corrected chi connectivity index (χ3v) is 4.48. The minimum Gasteiger partial charge on any atom is -0.387 e. The van der Waals surface area contributed by atoms with Crippen LogP contribution in [0.4, 0.5) is 0 Å². The van der Waals surface area contributed by atoms with Crippen LogP contribution >= 0.6 is 22.9 Å². The first-order valence-corrected chi connectivity index (χ1v) is 7.98. The van der Waals surface area contributed by atoms with Crippen molar-refractivity contribution >= 4 is 22.9 Å². The van der Waals surface area contributed by atoms with Crippen LogP contribution in [0.2, 0.25) is 4.34 Å². The molecule has 0 aliphatic heterocycles. The van der Waals surface area contributed by atoms with Crippen molar-refractivity contribution in [2.45, 2.75) is 32.4 Å². The average Bonchev–Trinajstić information content (AvgIpc) is 2.84. The molecule has 0 bridgehead atoms. The van der Waals surface area contributed by atoms with E-state index in [-0.39, 0.29) is 0 Å². The predicted molar refractivity (Wildman–Crippen MR) is 86.5 cm³/mol. The molecule has 2 nitrogen and oxygen atoms in total. The van der Waals surface area contributed by atoms with Crippen molar-refractivity contribution in [1.29, 1.82) is 0 Å². The molecule has 1 atom stereocenters. The smallest absolute Gasteiger partial charge is 0.0931 e. The molecule has 2 N–H and O–H groups in total. The van der Waals surface area contributed by atoms with E-state index < -0.39 is 6.10 Å². The van der Waals surface area contributed by atoms with Gasteiger partial charge in [0.2, 0.25) is 0 Å². The molecule has 2 rings (SSSR count). The minimum absolute atomic E-state index is 0.480. The number of hydrogen-bond acceptors (Lipinski definition) is 3. The lowest BCUT2D eigenvalue weighted by Crippen LogP contribution is -2.20. The highest BCUT2D eigenvalue weighted by Crippen LogP contribution is 2.21. The molecule has 0 fully saturated rings. The summed E-state index contributed by atoms with van der Waals surface area (Å²) in [5.41, 5.74) is 2.24. The van der Waals surface area contributed by atoms with Crippen molar-refractivity contribution in [1.82, 2.24) is 5.32 Å². The van der Waals surface area contributed by atoms with Crippen molar-refractivity contribution in [2.75, 3.05) is 6.54 Å². The zero-order chi connectivity index (χ0) is 14.5. The molecule has 1 aromatic carbocycles. The number of benzene rings is 1. The van der Waals surface area contributed by atoms with E-state index in [2.05, 4.69) is 31.3 Å².